The third-order valence-corrected chi connectivity index (χ3v) is 3.67. The van der Waals surface area contributed by atoms with Gasteiger partial charge in [0.25, 0.3) is 0 Å². The molecule has 0 amide bonds. The second-order valence-electron chi connectivity index (χ2n) is 2.95. The first-order chi connectivity index (χ1) is 6.63. The van der Waals surface area contributed by atoms with E-state index in [1.807, 2.05) is 13.0 Å². The van der Waals surface area contributed by atoms with Crippen molar-refractivity contribution >= 4 is 35.0 Å². The van der Waals surface area contributed by atoms with Crippen molar-refractivity contribution in [1.82, 2.24) is 0 Å². The Morgan fingerprint density at radius 3 is 2.79 bits per heavy atom. The van der Waals surface area contributed by atoms with E-state index in [1.54, 1.807) is 12.1 Å². The zero-order valence-electron chi connectivity index (χ0n) is 7.84. The second-order valence-corrected chi connectivity index (χ2v) is 4.85. The number of hydrogen-bond acceptors (Lipinski definition) is 2. The molecule has 0 heterocycles. The fraction of sp³-hybridized carbons (Fsp3) is 0.400. The maximum absolute atomic E-state index is 9.38. The molecule has 1 aromatic carbocycles. The number of aliphatic hydroxyl groups is 1. The smallest absolute Gasteiger partial charge is 0.0631 e. The SMILES string of the molecule is CCC(O)CSc1cc(Cl)ccc1Cl. The number of aliphatic hydroxyl groups excluding tert-OH is 1. The summed E-state index contributed by atoms with van der Waals surface area (Å²) in [5.41, 5.74) is 0. The first-order valence-corrected chi connectivity index (χ1v) is 6.13. The molecule has 0 aliphatic carbocycles. The van der Waals surface area contributed by atoms with Crippen LogP contribution in [-0.2, 0) is 0 Å². The molecular formula is C10H12Cl2OS. The lowest BCUT2D eigenvalue weighted by Crippen LogP contribution is -2.07. The number of benzene rings is 1. The highest BCUT2D eigenvalue weighted by Crippen LogP contribution is 2.30. The van der Waals surface area contributed by atoms with Crippen molar-refractivity contribution in [1.29, 1.82) is 0 Å². The summed E-state index contributed by atoms with van der Waals surface area (Å²) in [5.74, 6) is 0.649. The molecule has 1 nitrogen and oxygen atoms in total. The van der Waals surface area contributed by atoms with E-state index >= 15 is 0 Å². The van der Waals surface area contributed by atoms with Gasteiger partial charge in [0.15, 0.2) is 0 Å². The van der Waals surface area contributed by atoms with E-state index in [-0.39, 0.29) is 6.10 Å². The highest BCUT2D eigenvalue weighted by Gasteiger charge is 2.05. The van der Waals surface area contributed by atoms with Gasteiger partial charge in [0, 0.05) is 15.7 Å². The Hall–Kier alpha value is 0.110. The molecule has 0 fully saturated rings. The van der Waals surface area contributed by atoms with Crippen molar-refractivity contribution in [3.05, 3.63) is 28.2 Å². The average molecular weight is 251 g/mol. The van der Waals surface area contributed by atoms with Crippen LogP contribution < -0.4 is 0 Å². The van der Waals surface area contributed by atoms with Gasteiger partial charge in [0.05, 0.1) is 11.1 Å². The summed E-state index contributed by atoms with van der Waals surface area (Å²) in [6.45, 7) is 1.95. The van der Waals surface area contributed by atoms with Gasteiger partial charge in [0.1, 0.15) is 0 Å². The minimum atomic E-state index is -0.282. The Bertz CT molecular complexity index is 304. The Morgan fingerprint density at radius 2 is 2.14 bits per heavy atom. The van der Waals surface area contributed by atoms with E-state index in [0.29, 0.717) is 15.8 Å². The number of thioether (sulfide) groups is 1. The van der Waals surface area contributed by atoms with E-state index in [9.17, 15) is 5.11 Å². The molecular weight excluding hydrogens is 239 g/mol. The summed E-state index contributed by atoms with van der Waals surface area (Å²) < 4.78 is 0. The molecule has 0 saturated heterocycles. The van der Waals surface area contributed by atoms with Crippen LogP contribution in [0.4, 0.5) is 0 Å². The zero-order valence-corrected chi connectivity index (χ0v) is 10.2. The van der Waals surface area contributed by atoms with E-state index in [0.717, 1.165) is 11.3 Å². The van der Waals surface area contributed by atoms with Gasteiger partial charge in [-0.05, 0) is 24.6 Å². The van der Waals surface area contributed by atoms with Gasteiger partial charge in [-0.25, -0.2) is 0 Å². The van der Waals surface area contributed by atoms with Gasteiger partial charge in [0.2, 0.25) is 0 Å². The molecule has 0 aromatic heterocycles. The van der Waals surface area contributed by atoms with Crippen molar-refractivity contribution in [3.8, 4) is 0 Å². The first-order valence-electron chi connectivity index (χ1n) is 4.39. The molecule has 14 heavy (non-hydrogen) atoms. The van der Waals surface area contributed by atoms with Crippen LogP contribution in [0.1, 0.15) is 13.3 Å². The molecule has 1 N–H and O–H groups in total. The lowest BCUT2D eigenvalue weighted by atomic mass is 10.3. The molecule has 0 saturated carbocycles. The number of halogens is 2. The molecule has 1 unspecified atom stereocenters. The van der Waals surface area contributed by atoms with E-state index in [1.165, 1.54) is 11.8 Å². The van der Waals surface area contributed by atoms with Crippen molar-refractivity contribution in [2.75, 3.05) is 5.75 Å². The third kappa shape index (κ3) is 3.70. The number of hydrogen-bond donors (Lipinski definition) is 1. The Kier molecular flexibility index (Phi) is 5.10. The third-order valence-electron chi connectivity index (χ3n) is 1.80. The van der Waals surface area contributed by atoms with Crippen LogP contribution in [0.15, 0.2) is 23.1 Å². The van der Waals surface area contributed by atoms with Crippen LogP contribution in [0, 0.1) is 0 Å². The maximum Gasteiger partial charge on any atom is 0.0631 e. The normalized spacial score (nSPS) is 12.9. The summed E-state index contributed by atoms with van der Waals surface area (Å²) in [6.07, 6.45) is 0.473. The van der Waals surface area contributed by atoms with Gasteiger partial charge >= 0.3 is 0 Å². The molecule has 1 aromatic rings. The summed E-state index contributed by atoms with van der Waals surface area (Å²) in [7, 11) is 0. The van der Waals surface area contributed by atoms with Gasteiger partial charge < -0.3 is 5.11 Å². The Morgan fingerprint density at radius 1 is 1.43 bits per heavy atom. The monoisotopic (exact) mass is 250 g/mol. The lowest BCUT2D eigenvalue weighted by molar-refractivity contribution is 0.195. The lowest BCUT2D eigenvalue weighted by Gasteiger charge is -2.08. The fourth-order valence-corrected chi connectivity index (χ4v) is 2.43. The highest BCUT2D eigenvalue weighted by molar-refractivity contribution is 7.99. The molecule has 1 atom stereocenters. The van der Waals surface area contributed by atoms with E-state index in [4.69, 9.17) is 23.2 Å². The molecule has 0 aliphatic rings. The summed E-state index contributed by atoms with van der Waals surface area (Å²) in [4.78, 5) is 0.923. The molecule has 0 aliphatic heterocycles. The van der Waals surface area contributed by atoms with E-state index in [2.05, 4.69) is 0 Å². The van der Waals surface area contributed by atoms with Crippen molar-refractivity contribution < 1.29 is 5.11 Å². The highest BCUT2D eigenvalue weighted by atomic mass is 35.5. The fourth-order valence-electron chi connectivity index (χ4n) is 0.892. The Balaban J connectivity index is 2.62. The largest absolute Gasteiger partial charge is 0.392 e. The first kappa shape index (κ1) is 12.2. The summed E-state index contributed by atoms with van der Waals surface area (Å²) >= 11 is 13.3. The predicted molar refractivity (Wildman–Crippen MR) is 63.5 cm³/mol. The standard InChI is InChI=1S/C10H12Cl2OS/c1-2-8(13)6-14-10-5-7(11)3-4-9(10)12/h3-5,8,13H,2,6H2,1H3. The molecule has 0 bridgehead atoms. The van der Waals surface area contributed by atoms with Gasteiger partial charge in [-0.15, -0.1) is 11.8 Å². The zero-order chi connectivity index (χ0) is 10.6. The van der Waals surface area contributed by atoms with Crippen LogP contribution in [-0.4, -0.2) is 17.0 Å². The van der Waals surface area contributed by atoms with Crippen molar-refractivity contribution in [2.24, 2.45) is 0 Å². The predicted octanol–water partition coefficient (Wildman–Crippen LogP) is 3.86. The topological polar surface area (TPSA) is 20.2 Å². The second kappa shape index (κ2) is 5.86. The summed E-state index contributed by atoms with van der Waals surface area (Å²) in [5, 5.41) is 10.7. The van der Waals surface area contributed by atoms with Gasteiger partial charge in [-0.1, -0.05) is 30.1 Å². The summed E-state index contributed by atoms with van der Waals surface area (Å²) in [6, 6.07) is 5.34. The van der Waals surface area contributed by atoms with Crippen LogP contribution >= 0.6 is 35.0 Å². The minimum Gasteiger partial charge on any atom is -0.392 e. The van der Waals surface area contributed by atoms with Gasteiger partial charge in [-0.3, -0.25) is 0 Å². The van der Waals surface area contributed by atoms with Crippen molar-refractivity contribution in [3.63, 3.8) is 0 Å². The average Bonchev–Trinajstić information content (AvgIpc) is 2.19. The quantitative estimate of drug-likeness (QED) is 0.820. The molecule has 78 valence electrons. The minimum absolute atomic E-state index is 0.282. The van der Waals surface area contributed by atoms with Crippen LogP contribution in [0.2, 0.25) is 10.0 Å². The molecule has 0 radical (unpaired) electrons. The molecule has 0 spiro atoms. The Labute approximate surface area is 98.4 Å². The van der Waals surface area contributed by atoms with Gasteiger partial charge in [-0.2, -0.15) is 0 Å². The van der Waals surface area contributed by atoms with Crippen LogP contribution in [0.5, 0.6) is 0 Å². The number of rotatable bonds is 4. The maximum atomic E-state index is 9.38. The van der Waals surface area contributed by atoms with E-state index < -0.39 is 0 Å². The molecule has 1 rings (SSSR count). The molecule has 4 heteroatoms. The van der Waals surface area contributed by atoms with Crippen LogP contribution in [0.25, 0.3) is 0 Å². The van der Waals surface area contributed by atoms with Crippen molar-refractivity contribution in [2.45, 2.75) is 24.3 Å². The van der Waals surface area contributed by atoms with Crippen LogP contribution in [0.3, 0.4) is 0 Å².